The SMILES string of the molecule is CC(C)C[C@H](c1ccccc1)N1C(=O)c2ccccc2C1=O. The summed E-state index contributed by atoms with van der Waals surface area (Å²) in [6, 6.07) is 16.6. The van der Waals surface area contributed by atoms with Crippen molar-refractivity contribution in [2.24, 2.45) is 5.92 Å². The molecule has 1 atom stereocenters. The van der Waals surface area contributed by atoms with Crippen LogP contribution in [0.2, 0.25) is 0 Å². The molecule has 1 heterocycles. The predicted octanol–water partition coefficient (Wildman–Crippen LogP) is 4.07. The molecule has 3 rings (SSSR count). The van der Waals surface area contributed by atoms with Crippen molar-refractivity contribution in [1.29, 1.82) is 0 Å². The van der Waals surface area contributed by atoms with Gasteiger partial charge in [-0.2, -0.15) is 0 Å². The van der Waals surface area contributed by atoms with Crippen molar-refractivity contribution in [1.82, 2.24) is 4.90 Å². The Labute approximate surface area is 130 Å². The van der Waals surface area contributed by atoms with Crippen LogP contribution >= 0.6 is 0 Å². The van der Waals surface area contributed by atoms with E-state index < -0.39 is 0 Å². The van der Waals surface area contributed by atoms with E-state index >= 15 is 0 Å². The Hall–Kier alpha value is -2.42. The normalized spacial score (nSPS) is 15.3. The van der Waals surface area contributed by atoms with E-state index in [-0.39, 0.29) is 17.9 Å². The molecule has 0 bridgehead atoms. The molecule has 22 heavy (non-hydrogen) atoms. The number of nitrogens with zero attached hydrogens (tertiary/aromatic N) is 1. The monoisotopic (exact) mass is 293 g/mol. The van der Waals surface area contributed by atoms with E-state index in [1.807, 2.05) is 30.3 Å². The van der Waals surface area contributed by atoms with Crippen LogP contribution in [0.1, 0.15) is 52.6 Å². The highest BCUT2D eigenvalue weighted by Gasteiger charge is 2.40. The van der Waals surface area contributed by atoms with Crippen molar-refractivity contribution in [3.05, 3.63) is 71.3 Å². The zero-order valence-corrected chi connectivity index (χ0v) is 12.8. The lowest BCUT2D eigenvalue weighted by Gasteiger charge is -2.28. The highest BCUT2D eigenvalue weighted by atomic mass is 16.2. The van der Waals surface area contributed by atoms with Gasteiger partial charge >= 0.3 is 0 Å². The van der Waals surface area contributed by atoms with Crippen molar-refractivity contribution >= 4 is 11.8 Å². The first-order chi connectivity index (χ1) is 10.6. The number of imide groups is 1. The number of rotatable bonds is 4. The Morgan fingerprint density at radius 2 is 1.32 bits per heavy atom. The molecule has 112 valence electrons. The van der Waals surface area contributed by atoms with Gasteiger partial charge in [0.15, 0.2) is 0 Å². The third-order valence-corrected chi connectivity index (χ3v) is 4.02. The third kappa shape index (κ3) is 2.43. The van der Waals surface area contributed by atoms with E-state index in [2.05, 4.69) is 13.8 Å². The average Bonchev–Trinajstić information content (AvgIpc) is 2.78. The molecule has 0 aromatic heterocycles. The van der Waals surface area contributed by atoms with Crippen LogP contribution in [-0.2, 0) is 0 Å². The molecule has 2 amide bonds. The number of benzene rings is 2. The Bertz CT molecular complexity index is 671. The summed E-state index contributed by atoms with van der Waals surface area (Å²) in [5, 5.41) is 0. The van der Waals surface area contributed by atoms with Crippen molar-refractivity contribution in [3.63, 3.8) is 0 Å². The quantitative estimate of drug-likeness (QED) is 0.797. The first-order valence-electron chi connectivity index (χ1n) is 7.61. The predicted molar refractivity (Wildman–Crippen MR) is 85.6 cm³/mol. The summed E-state index contributed by atoms with van der Waals surface area (Å²) in [4.78, 5) is 26.8. The topological polar surface area (TPSA) is 37.4 Å². The molecule has 0 saturated heterocycles. The summed E-state index contributed by atoms with van der Waals surface area (Å²) in [7, 11) is 0. The molecule has 0 saturated carbocycles. The van der Waals surface area contributed by atoms with E-state index in [0.29, 0.717) is 17.0 Å². The summed E-state index contributed by atoms with van der Waals surface area (Å²) < 4.78 is 0. The van der Waals surface area contributed by atoms with E-state index in [1.54, 1.807) is 24.3 Å². The van der Waals surface area contributed by atoms with Crippen LogP contribution in [0.25, 0.3) is 0 Å². The number of hydrogen-bond donors (Lipinski definition) is 0. The minimum Gasteiger partial charge on any atom is -0.269 e. The molecule has 2 aromatic carbocycles. The van der Waals surface area contributed by atoms with E-state index in [0.717, 1.165) is 12.0 Å². The molecule has 1 aliphatic heterocycles. The van der Waals surface area contributed by atoms with Crippen LogP contribution in [0.5, 0.6) is 0 Å². The Balaban J connectivity index is 2.03. The molecule has 3 heteroatoms. The van der Waals surface area contributed by atoms with Crippen LogP contribution in [0, 0.1) is 5.92 Å². The van der Waals surface area contributed by atoms with Gasteiger partial charge in [-0.05, 0) is 30.0 Å². The maximum Gasteiger partial charge on any atom is 0.262 e. The molecule has 0 radical (unpaired) electrons. The lowest BCUT2D eigenvalue weighted by atomic mass is 9.95. The van der Waals surface area contributed by atoms with Gasteiger partial charge in [-0.15, -0.1) is 0 Å². The first-order valence-corrected chi connectivity index (χ1v) is 7.61. The second kappa shape index (κ2) is 5.76. The fourth-order valence-electron chi connectivity index (χ4n) is 3.00. The summed E-state index contributed by atoms with van der Waals surface area (Å²) in [5.41, 5.74) is 2.03. The van der Waals surface area contributed by atoms with Gasteiger partial charge in [0.1, 0.15) is 0 Å². The standard InChI is InChI=1S/C19H19NO2/c1-13(2)12-17(14-8-4-3-5-9-14)20-18(21)15-10-6-7-11-16(15)19(20)22/h3-11,13,17H,12H2,1-2H3/t17-/m1/s1. The molecule has 0 spiro atoms. The van der Waals surface area contributed by atoms with Gasteiger partial charge in [0.05, 0.1) is 17.2 Å². The maximum atomic E-state index is 12.7. The van der Waals surface area contributed by atoms with Crippen molar-refractivity contribution in [3.8, 4) is 0 Å². The van der Waals surface area contributed by atoms with Crippen molar-refractivity contribution in [2.75, 3.05) is 0 Å². The second-order valence-electron chi connectivity index (χ2n) is 6.08. The number of carbonyl (C=O) groups excluding carboxylic acids is 2. The lowest BCUT2D eigenvalue weighted by molar-refractivity contribution is 0.0563. The molecule has 0 unspecified atom stereocenters. The maximum absolute atomic E-state index is 12.7. The van der Waals surface area contributed by atoms with Crippen LogP contribution in [0.4, 0.5) is 0 Å². The molecular formula is C19H19NO2. The lowest BCUT2D eigenvalue weighted by Crippen LogP contribution is -2.34. The van der Waals surface area contributed by atoms with E-state index in [9.17, 15) is 9.59 Å². The third-order valence-electron chi connectivity index (χ3n) is 4.02. The van der Waals surface area contributed by atoms with Crippen molar-refractivity contribution in [2.45, 2.75) is 26.3 Å². The minimum absolute atomic E-state index is 0.185. The summed E-state index contributed by atoms with van der Waals surface area (Å²) in [6.07, 6.45) is 0.759. The smallest absolute Gasteiger partial charge is 0.262 e. The van der Waals surface area contributed by atoms with E-state index in [4.69, 9.17) is 0 Å². The number of fused-ring (bicyclic) bond motifs is 1. The highest BCUT2D eigenvalue weighted by molar-refractivity contribution is 6.21. The molecule has 0 N–H and O–H groups in total. The summed E-state index contributed by atoms with van der Waals surface area (Å²) in [5.74, 6) is 0.0136. The van der Waals surface area contributed by atoms with Gasteiger partial charge in [-0.3, -0.25) is 14.5 Å². The molecule has 1 aliphatic rings. The molecular weight excluding hydrogens is 274 g/mol. The Kier molecular flexibility index (Phi) is 3.80. The zero-order valence-electron chi connectivity index (χ0n) is 12.8. The Morgan fingerprint density at radius 3 is 1.82 bits per heavy atom. The zero-order chi connectivity index (χ0) is 15.7. The van der Waals surface area contributed by atoms with E-state index in [1.165, 1.54) is 4.90 Å². The Morgan fingerprint density at radius 1 is 0.818 bits per heavy atom. The van der Waals surface area contributed by atoms with Crippen LogP contribution in [-0.4, -0.2) is 16.7 Å². The average molecular weight is 293 g/mol. The van der Waals surface area contributed by atoms with Gasteiger partial charge in [-0.1, -0.05) is 56.3 Å². The van der Waals surface area contributed by atoms with Crippen LogP contribution in [0.3, 0.4) is 0 Å². The van der Waals surface area contributed by atoms with Gasteiger partial charge in [0.2, 0.25) is 0 Å². The molecule has 0 aliphatic carbocycles. The molecule has 3 nitrogen and oxygen atoms in total. The van der Waals surface area contributed by atoms with Crippen LogP contribution in [0.15, 0.2) is 54.6 Å². The molecule has 0 fully saturated rings. The first kappa shape index (κ1) is 14.5. The van der Waals surface area contributed by atoms with Gasteiger partial charge in [-0.25, -0.2) is 0 Å². The second-order valence-corrected chi connectivity index (χ2v) is 6.08. The summed E-state index contributed by atoms with van der Waals surface area (Å²) >= 11 is 0. The fourth-order valence-corrected chi connectivity index (χ4v) is 3.00. The van der Waals surface area contributed by atoms with Crippen molar-refractivity contribution < 1.29 is 9.59 Å². The number of amides is 2. The van der Waals surface area contributed by atoms with Gasteiger partial charge < -0.3 is 0 Å². The largest absolute Gasteiger partial charge is 0.269 e. The number of hydrogen-bond acceptors (Lipinski definition) is 2. The fraction of sp³-hybridized carbons (Fsp3) is 0.263. The molecule has 2 aromatic rings. The van der Waals surface area contributed by atoms with Gasteiger partial charge in [0, 0.05) is 0 Å². The summed E-state index contributed by atoms with van der Waals surface area (Å²) in [6.45, 7) is 4.21. The minimum atomic E-state index is -0.214. The van der Waals surface area contributed by atoms with Crippen LogP contribution < -0.4 is 0 Å². The number of carbonyl (C=O) groups is 2. The van der Waals surface area contributed by atoms with Gasteiger partial charge in [0.25, 0.3) is 11.8 Å². The highest BCUT2D eigenvalue weighted by Crippen LogP contribution is 2.34.